The number of aliphatic carboxylic acids is 1. The van der Waals surface area contributed by atoms with Crippen molar-refractivity contribution in [1.29, 1.82) is 0 Å². The van der Waals surface area contributed by atoms with E-state index in [1.165, 1.54) is 4.90 Å². The number of carboxylic acid groups (broad SMARTS) is 1. The van der Waals surface area contributed by atoms with Gasteiger partial charge in [-0.3, -0.25) is 14.5 Å². The molecule has 144 valence electrons. The molecule has 1 atom stereocenters. The van der Waals surface area contributed by atoms with Gasteiger partial charge in [-0.2, -0.15) is 0 Å². The molecular weight excluding hydrogens is 350 g/mol. The summed E-state index contributed by atoms with van der Waals surface area (Å²) < 4.78 is 0. The number of benzene rings is 1. The summed E-state index contributed by atoms with van der Waals surface area (Å²) in [5.41, 5.74) is -0.445. The predicted octanol–water partition coefficient (Wildman–Crippen LogP) is 1.53. The summed E-state index contributed by atoms with van der Waals surface area (Å²) in [7, 11) is 1.59. The standard InChI is InChI=1S/C19H23N3O5/c1-21-18(27)22(17(26)19(21)10-6-3-7-11-19)12-14(23)20-15(16(24)25)13-8-4-2-5-9-13/h2,4-5,8-9,15H,3,6-7,10-12H2,1H3,(H,20,23)(H,24,25)/t15-/m1/s1. The van der Waals surface area contributed by atoms with Crippen molar-refractivity contribution in [2.24, 2.45) is 0 Å². The summed E-state index contributed by atoms with van der Waals surface area (Å²) in [5.74, 6) is -2.26. The van der Waals surface area contributed by atoms with E-state index >= 15 is 0 Å². The van der Waals surface area contributed by atoms with Crippen molar-refractivity contribution in [3.05, 3.63) is 35.9 Å². The van der Waals surface area contributed by atoms with Crippen molar-refractivity contribution in [3.63, 3.8) is 0 Å². The first-order valence-corrected chi connectivity index (χ1v) is 9.04. The number of carbonyl (C=O) groups excluding carboxylic acids is 3. The molecule has 2 fully saturated rings. The maximum absolute atomic E-state index is 12.9. The predicted molar refractivity (Wildman–Crippen MR) is 95.6 cm³/mol. The number of carboxylic acids is 1. The molecule has 8 nitrogen and oxygen atoms in total. The number of hydrogen-bond acceptors (Lipinski definition) is 4. The second-order valence-electron chi connectivity index (χ2n) is 7.07. The van der Waals surface area contributed by atoms with Crippen molar-refractivity contribution in [3.8, 4) is 0 Å². The average molecular weight is 373 g/mol. The van der Waals surface area contributed by atoms with Crippen LogP contribution in [0, 0.1) is 0 Å². The SMILES string of the molecule is CN1C(=O)N(CC(=O)N[C@@H](C(=O)O)c2ccccc2)C(=O)C12CCCCC2. The van der Waals surface area contributed by atoms with Crippen molar-refractivity contribution in [1.82, 2.24) is 15.1 Å². The van der Waals surface area contributed by atoms with Crippen molar-refractivity contribution < 1.29 is 24.3 Å². The van der Waals surface area contributed by atoms with Crippen LogP contribution in [-0.2, 0) is 14.4 Å². The number of carbonyl (C=O) groups is 4. The number of nitrogens with zero attached hydrogens (tertiary/aromatic N) is 2. The molecule has 2 N–H and O–H groups in total. The van der Waals surface area contributed by atoms with Crippen molar-refractivity contribution >= 4 is 23.8 Å². The summed E-state index contributed by atoms with van der Waals surface area (Å²) in [6.07, 6.45) is 3.92. The number of rotatable bonds is 5. The molecule has 0 aromatic heterocycles. The van der Waals surface area contributed by atoms with Gasteiger partial charge in [-0.25, -0.2) is 9.59 Å². The van der Waals surface area contributed by atoms with E-state index in [1.54, 1.807) is 37.4 Å². The number of imide groups is 1. The maximum atomic E-state index is 12.9. The Labute approximate surface area is 157 Å². The Hall–Kier alpha value is -2.90. The van der Waals surface area contributed by atoms with Gasteiger partial charge in [-0.05, 0) is 18.4 Å². The van der Waals surface area contributed by atoms with Crippen LogP contribution in [-0.4, -0.2) is 57.9 Å². The summed E-state index contributed by atoms with van der Waals surface area (Å²) in [4.78, 5) is 51.8. The molecule has 1 saturated carbocycles. The van der Waals surface area contributed by atoms with E-state index in [4.69, 9.17) is 0 Å². The molecule has 1 spiro atoms. The second kappa shape index (κ2) is 7.38. The molecule has 0 unspecified atom stereocenters. The summed E-state index contributed by atoms with van der Waals surface area (Å²) >= 11 is 0. The zero-order valence-corrected chi connectivity index (χ0v) is 15.2. The van der Waals surface area contributed by atoms with Crippen LogP contribution in [0.4, 0.5) is 4.79 Å². The molecule has 27 heavy (non-hydrogen) atoms. The molecule has 1 aromatic rings. The molecule has 1 aliphatic heterocycles. The van der Waals surface area contributed by atoms with Gasteiger partial charge in [0.1, 0.15) is 12.1 Å². The monoisotopic (exact) mass is 373 g/mol. The van der Waals surface area contributed by atoms with E-state index in [1.807, 2.05) is 0 Å². The van der Waals surface area contributed by atoms with E-state index in [-0.39, 0.29) is 5.91 Å². The fraction of sp³-hybridized carbons (Fsp3) is 0.474. The highest BCUT2D eigenvalue weighted by molar-refractivity contribution is 6.09. The smallest absolute Gasteiger partial charge is 0.330 e. The van der Waals surface area contributed by atoms with E-state index in [0.29, 0.717) is 18.4 Å². The lowest BCUT2D eigenvalue weighted by atomic mass is 9.81. The third-order valence-corrected chi connectivity index (χ3v) is 5.47. The molecule has 3 rings (SSSR count). The third kappa shape index (κ3) is 3.39. The van der Waals surface area contributed by atoms with Crippen LogP contribution in [0.25, 0.3) is 0 Å². The quantitative estimate of drug-likeness (QED) is 0.761. The molecule has 2 aliphatic rings. The lowest BCUT2D eigenvalue weighted by Crippen LogP contribution is -2.49. The molecule has 1 aromatic carbocycles. The van der Waals surface area contributed by atoms with Gasteiger partial charge >= 0.3 is 12.0 Å². The fourth-order valence-corrected chi connectivity index (χ4v) is 3.95. The Morgan fingerprint density at radius 2 is 1.78 bits per heavy atom. The highest BCUT2D eigenvalue weighted by Crippen LogP contribution is 2.39. The Balaban J connectivity index is 1.72. The van der Waals surface area contributed by atoms with Gasteiger partial charge in [-0.1, -0.05) is 49.6 Å². The number of amides is 4. The van der Waals surface area contributed by atoms with Crippen LogP contribution in [0.3, 0.4) is 0 Å². The lowest BCUT2D eigenvalue weighted by Gasteiger charge is -2.35. The van der Waals surface area contributed by atoms with Crippen LogP contribution >= 0.6 is 0 Å². The first kappa shape index (κ1) is 18.9. The second-order valence-corrected chi connectivity index (χ2v) is 7.07. The van der Waals surface area contributed by atoms with Crippen LogP contribution in [0.5, 0.6) is 0 Å². The highest BCUT2D eigenvalue weighted by Gasteiger charge is 2.55. The molecular formula is C19H23N3O5. The largest absolute Gasteiger partial charge is 0.479 e. The Kier molecular flexibility index (Phi) is 5.16. The highest BCUT2D eigenvalue weighted by atomic mass is 16.4. The number of likely N-dealkylation sites (N-methyl/N-ethyl adjacent to an activating group) is 1. The van der Waals surface area contributed by atoms with Gasteiger partial charge in [0.2, 0.25) is 5.91 Å². The Morgan fingerprint density at radius 1 is 1.15 bits per heavy atom. The van der Waals surface area contributed by atoms with Crippen molar-refractivity contribution in [2.75, 3.05) is 13.6 Å². The lowest BCUT2D eigenvalue weighted by molar-refractivity contribution is -0.142. The molecule has 1 saturated heterocycles. The normalized spacial score (nSPS) is 20.0. The number of nitrogens with one attached hydrogen (secondary N) is 1. The van der Waals surface area contributed by atoms with Gasteiger partial charge in [0.25, 0.3) is 5.91 Å². The molecule has 4 amide bonds. The summed E-state index contributed by atoms with van der Waals surface area (Å²) in [6.45, 7) is -0.486. The van der Waals surface area contributed by atoms with Crippen molar-refractivity contribution in [2.45, 2.75) is 43.7 Å². The fourth-order valence-electron chi connectivity index (χ4n) is 3.95. The summed E-state index contributed by atoms with van der Waals surface area (Å²) in [6, 6.07) is 6.52. The van der Waals surface area contributed by atoms with Gasteiger partial charge < -0.3 is 15.3 Å². The zero-order valence-electron chi connectivity index (χ0n) is 15.2. The van der Waals surface area contributed by atoms with E-state index in [9.17, 15) is 24.3 Å². The van der Waals surface area contributed by atoms with Crippen LogP contribution in [0.2, 0.25) is 0 Å². The van der Waals surface area contributed by atoms with Gasteiger partial charge in [0, 0.05) is 7.05 Å². The minimum Gasteiger partial charge on any atom is -0.479 e. The molecule has 1 aliphatic carbocycles. The zero-order chi connectivity index (χ0) is 19.6. The van der Waals surface area contributed by atoms with E-state index < -0.39 is 36.0 Å². The van der Waals surface area contributed by atoms with Gasteiger partial charge in [0.15, 0.2) is 6.04 Å². The minimum atomic E-state index is -1.24. The van der Waals surface area contributed by atoms with Gasteiger partial charge in [-0.15, -0.1) is 0 Å². The molecule has 8 heteroatoms. The Morgan fingerprint density at radius 3 is 2.37 bits per heavy atom. The first-order chi connectivity index (χ1) is 12.9. The molecule has 0 radical (unpaired) electrons. The molecule has 0 bridgehead atoms. The van der Waals surface area contributed by atoms with Crippen LogP contribution in [0.15, 0.2) is 30.3 Å². The maximum Gasteiger partial charge on any atom is 0.330 e. The Bertz CT molecular complexity index is 758. The minimum absolute atomic E-state index is 0.364. The van der Waals surface area contributed by atoms with E-state index in [0.717, 1.165) is 24.2 Å². The van der Waals surface area contributed by atoms with Crippen LogP contribution in [0.1, 0.15) is 43.7 Å². The topological polar surface area (TPSA) is 107 Å². The van der Waals surface area contributed by atoms with Gasteiger partial charge in [0.05, 0.1) is 0 Å². The molecule has 1 heterocycles. The third-order valence-electron chi connectivity index (χ3n) is 5.47. The summed E-state index contributed by atoms with van der Waals surface area (Å²) in [5, 5.41) is 11.8. The first-order valence-electron chi connectivity index (χ1n) is 9.04. The van der Waals surface area contributed by atoms with Crippen LogP contribution < -0.4 is 5.32 Å². The average Bonchev–Trinajstić information content (AvgIpc) is 2.83. The number of hydrogen-bond donors (Lipinski definition) is 2. The van der Waals surface area contributed by atoms with E-state index in [2.05, 4.69) is 5.32 Å². The number of urea groups is 1.